The predicted octanol–water partition coefficient (Wildman–Crippen LogP) is 2.17. The fourth-order valence-corrected chi connectivity index (χ4v) is 1.85. The molecule has 0 aliphatic carbocycles. The van der Waals surface area contributed by atoms with Gasteiger partial charge in [0.05, 0.1) is 6.61 Å². The maximum atomic E-state index is 9.07. The van der Waals surface area contributed by atoms with Crippen LogP contribution in [0.5, 0.6) is 0 Å². The molecule has 0 bridgehead atoms. The third-order valence-electron chi connectivity index (χ3n) is 2.98. The molecule has 1 rings (SSSR count). The molecular weight excluding hydrogens is 212 g/mol. The van der Waals surface area contributed by atoms with Crippen molar-refractivity contribution in [2.45, 2.75) is 32.4 Å². The summed E-state index contributed by atoms with van der Waals surface area (Å²) < 4.78 is 0. The third-order valence-corrected chi connectivity index (χ3v) is 2.98. The maximum Gasteiger partial charge on any atom is 0.0582 e. The number of anilines is 1. The van der Waals surface area contributed by atoms with Crippen molar-refractivity contribution >= 4 is 5.69 Å². The normalized spacial score (nSPS) is 14.4. The predicted molar refractivity (Wildman–Crippen MR) is 73.5 cm³/mol. The molecule has 3 heteroatoms. The van der Waals surface area contributed by atoms with Crippen molar-refractivity contribution in [2.24, 2.45) is 0 Å². The molecule has 0 radical (unpaired) electrons. The standard InChI is InChI=1S/C14H24N2O/c1-5-14(15-11(2)10-17)12-6-8-13(9-7-12)16(3)4/h6-9,11,14-15,17H,5,10H2,1-4H3. The molecule has 0 heterocycles. The molecule has 0 aromatic heterocycles. The number of aliphatic hydroxyl groups is 1. The zero-order valence-corrected chi connectivity index (χ0v) is 11.3. The second-order valence-electron chi connectivity index (χ2n) is 4.70. The van der Waals surface area contributed by atoms with E-state index in [9.17, 15) is 0 Å². The third kappa shape index (κ3) is 4.02. The van der Waals surface area contributed by atoms with Gasteiger partial charge in [-0.2, -0.15) is 0 Å². The molecular formula is C14H24N2O. The Bertz CT molecular complexity index is 321. The van der Waals surface area contributed by atoms with Crippen LogP contribution in [0.3, 0.4) is 0 Å². The van der Waals surface area contributed by atoms with Gasteiger partial charge in [0.15, 0.2) is 0 Å². The van der Waals surface area contributed by atoms with Gasteiger partial charge < -0.3 is 15.3 Å². The van der Waals surface area contributed by atoms with Gasteiger partial charge >= 0.3 is 0 Å². The van der Waals surface area contributed by atoms with E-state index in [0.29, 0.717) is 6.04 Å². The number of rotatable bonds is 6. The topological polar surface area (TPSA) is 35.5 Å². The molecule has 0 aliphatic rings. The zero-order chi connectivity index (χ0) is 12.8. The van der Waals surface area contributed by atoms with E-state index in [1.54, 1.807) is 0 Å². The largest absolute Gasteiger partial charge is 0.395 e. The lowest BCUT2D eigenvalue weighted by molar-refractivity contribution is 0.239. The quantitative estimate of drug-likeness (QED) is 0.794. The maximum absolute atomic E-state index is 9.07. The Morgan fingerprint density at radius 2 is 1.82 bits per heavy atom. The Kier molecular flexibility index (Phi) is 5.45. The van der Waals surface area contributed by atoms with Crippen molar-refractivity contribution in [1.82, 2.24) is 5.32 Å². The molecule has 0 saturated carbocycles. The van der Waals surface area contributed by atoms with E-state index < -0.39 is 0 Å². The number of hydrogen-bond acceptors (Lipinski definition) is 3. The van der Waals surface area contributed by atoms with Gasteiger partial charge in [0, 0.05) is 31.9 Å². The van der Waals surface area contributed by atoms with Crippen molar-refractivity contribution < 1.29 is 5.11 Å². The van der Waals surface area contributed by atoms with Crippen molar-refractivity contribution in [3.8, 4) is 0 Å². The molecule has 0 amide bonds. The molecule has 1 aromatic carbocycles. The molecule has 96 valence electrons. The fraction of sp³-hybridized carbons (Fsp3) is 0.571. The van der Waals surface area contributed by atoms with Gasteiger partial charge in [-0.1, -0.05) is 19.1 Å². The average molecular weight is 236 g/mol. The number of nitrogens with zero attached hydrogens (tertiary/aromatic N) is 1. The Hall–Kier alpha value is -1.06. The smallest absolute Gasteiger partial charge is 0.0582 e. The van der Waals surface area contributed by atoms with Crippen molar-refractivity contribution in [2.75, 3.05) is 25.6 Å². The van der Waals surface area contributed by atoms with Gasteiger partial charge in [-0.05, 0) is 31.0 Å². The number of benzene rings is 1. The van der Waals surface area contributed by atoms with Gasteiger partial charge in [0.2, 0.25) is 0 Å². The minimum Gasteiger partial charge on any atom is -0.395 e. The van der Waals surface area contributed by atoms with E-state index in [0.717, 1.165) is 6.42 Å². The molecule has 17 heavy (non-hydrogen) atoms. The lowest BCUT2D eigenvalue weighted by Crippen LogP contribution is -2.32. The van der Waals surface area contributed by atoms with Crippen LogP contribution in [-0.2, 0) is 0 Å². The fourth-order valence-electron chi connectivity index (χ4n) is 1.85. The molecule has 0 aliphatic heterocycles. The lowest BCUT2D eigenvalue weighted by Gasteiger charge is -2.22. The monoisotopic (exact) mass is 236 g/mol. The van der Waals surface area contributed by atoms with Crippen LogP contribution in [0, 0.1) is 0 Å². The Morgan fingerprint density at radius 3 is 2.24 bits per heavy atom. The van der Waals surface area contributed by atoms with Crippen LogP contribution in [0.1, 0.15) is 31.9 Å². The van der Waals surface area contributed by atoms with Crippen molar-refractivity contribution in [3.63, 3.8) is 0 Å². The summed E-state index contributed by atoms with van der Waals surface area (Å²) in [7, 11) is 4.08. The Balaban J connectivity index is 2.75. The van der Waals surface area contributed by atoms with Crippen LogP contribution in [0.4, 0.5) is 5.69 Å². The van der Waals surface area contributed by atoms with E-state index in [1.165, 1.54) is 11.3 Å². The SMILES string of the molecule is CCC(NC(C)CO)c1ccc(N(C)C)cc1. The van der Waals surface area contributed by atoms with E-state index in [1.807, 2.05) is 21.0 Å². The van der Waals surface area contributed by atoms with Crippen LogP contribution in [0.25, 0.3) is 0 Å². The van der Waals surface area contributed by atoms with Gasteiger partial charge in [-0.15, -0.1) is 0 Å². The highest BCUT2D eigenvalue weighted by Gasteiger charge is 2.11. The lowest BCUT2D eigenvalue weighted by atomic mass is 10.0. The van der Waals surface area contributed by atoms with Crippen LogP contribution < -0.4 is 10.2 Å². The molecule has 0 spiro atoms. The van der Waals surface area contributed by atoms with Crippen LogP contribution in [-0.4, -0.2) is 31.9 Å². The average Bonchev–Trinajstić information content (AvgIpc) is 2.35. The second kappa shape index (κ2) is 6.62. The summed E-state index contributed by atoms with van der Waals surface area (Å²) in [6.45, 7) is 4.32. The summed E-state index contributed by atoms with van der Waals surface area (Å²) in [5.74, 6) is 0. The minimum atomic E-state index is 0.133. The summed E-state index contributed by atoms with van der Waals surface area (Å²) in [5, 5.41) is 12.5. The van der Waals surface area contributed by atoms with Gasteiger partial charge in [-0.3, -0.25) is 0 Å². The van der Waals surface area contributed by atoms with E-state index in [-0.39, 0.29) is 12.6 Å². The second-order valence-corrected chi connectivity index (χ2v) is 4.70. The number of aliphatic hydroxyl groups excluding tert-OH is 1. The number of hydrogen-bond donors (Lipinski definition) is 2. The Labute approximate surface area is 104 Å². The van der Waals surface area contributed by atoms with E-state index in [2.05, 4.69) is 41.4 Å². The summed E-state index contributed by atoms with van der Waals surface area (Å²) in [6, 6.07) is 9.01. The first kappa shape index (κ1) is 14.0. The summed E-state index contributed by atoms with van der Waals surface area (Å²) in [4.78, 5) is 2.09. The molecule has 2 atom stereocenters. The van der Waals surface area contributed by atoms with Gasteiger partial charge in [-0.25, -0.2) is 0 Å². The van der Waals surface area contributed by atoms with Gasteiger partial charge in [0.25, 0.3) is 0 Å². The van der Waals surface area contributed by atoms with E-state index in [4.69, 9.17) is 5.11 Å². The molecule has 3 nitrogen and oxygen atoms in total. The molecule has 2 unspecified atom stereocenters. The van der Waals surface area contributed by atoms with Crippen molar-refractivity contribution in [1.29, 1.82) is 0 Å². The van der Waals surface area contributed by atoms with E-state index >= 15 is 0 Å². The highest BCUT2D eigenvalue weighted by molar-refractivity contribution is 5.46. The first-order valence-electron chi connectivity index (χ1n) is 6.22. The molecule has 0 saturated heterocycles. The first-order chi connectivity index (χ1) is 8.08. The molecule has 1 aromatic rings. The van der Waals surface area contributed by atoms with Crippen molar-refractivity contribution in [3.05, 3.63) is 29.8 Å². The summed E-state index contributed by atoms with van der Waals surface area (Å²) in [6.07, 6.45) is 1.02. The molecule has 0 fully saturated rings. The summed E-state index contributed by atoms with van der Waals surface area (Å²) in [5.41, 5.74) is 2.48. The Morgan fingerprint density at radius 1 is 1.24 bits per heavy atom. The molecule has 2 N–H and O–H groups in total. The minimum absolute atomic E-state index is 0.133. The van der Waals surface area contributed by atoms with Crippen LogP contribution >= 0.6 is 0 Å². The highest BCUT2D eigenvalue weighted by Crippen LogP contribution is 2.20. The number of nitrogens with one attached hydrogen (secondary N) is 1. The first-order valence-corrected chi connectivity index (χ1v) is 6.22. The zero-order valence-electron chi connectivity index (χ0n) is 11.3. The van der Waals surface area contributed by atoms with Crippen LogP contribution in [0.15, 0.2) is 24.3 Å². The highest BCUT2D eigenvalue weighted by atomic mass is 16.3. The van der Waals surface area contributed by atoms with Crippen LogP contribution in [0.2, 0.25) is 0 Å². The van der Waals surface area contributed by atoms with Gasteiger partial charge in [0.1, 0.15) is 0 Å². The summed E-state index contributed by atoms with van der Waals surface area (Å²) >= 11 is 0.